The molecule has 4 N–H and O–H groups in total. The Balaban J connectivity index is 0.936. The Morgan fingerprint density at radius 3 is 2.57 bits per heavy atom. The molecule has 0 bridgehead atoms. The van der Waals surface area contributed by atoms with Gasteiger partial charge < -0.3 is 25.4 Å². The van der Waals surface area contributed by atoms with Crippen LogP contribution in [-0.4, -0.2) is 84.0 Å². The van der Waals surface area contributed by atoms with Crippen LogP contribution in [0.4, 0.5) is 20.9 Å². The average Bonchev–Trinajstić information content (AvgIpc) is 3.92. The number of amides is 6. The van der Waals surface area contributed by atoms with Gasteiger partial charge in [0.2, 0.25) is 24.1 Å². The first-order valence-electron chi connectivity index (χ1n) is 17.8. The highest BCUT2D eigenvalue weighted by atomic mass is 32.1. The van der Waals surface area contributed by atoms with Gasteiger partial charge in [0.1, 0.15) is 24.2 Å². The predicted octanol–water partition coefficient (Wildman–Crippen LogP) is 4.85. The van der Waals surface area contributed by atoms with Gasteiger partial charge in [0.25, 0.3) is 11.8 Å². The fraction of sp³-hybridized carbons (Fsp3) is 0.308. The molecule has 6 rings (SSSR count). The van der Waals surface area contributed by atoms with Crippen LogP contribution in [0.15, 0.2) is 60.7 Å². The van der Waals surface area contributed by atoms with Gasteiger partial charge in [0, 0.05) is 28.6 Å². The number of hydrogen-bond acceptors (Lipinski definition) is 12. The van der Waals surface area contributed by atoms with Crippen LogP contribution < -0.4 is 26.0 Å². The molecule has 292 valence electrons. The summed E-state index contributed by atoms with van der Waals surface area (Å²) in [5.41, 5.74) is 2.61. The summed E-state index contributed by atoms with van der Waals surface area (Å²) in [5.74, 6) is -2.34. The van der Waals surface area contributed by atoms with E-state index < -0.39 is 29.6 Å². The number of benzene rings is 3. The highest BCUT2D eigenvalue weighted by Crippen LogP contribution is 2.35. The first-order valence-corrected chi connectivity index (χ1v) is 19.3. The van der Waals surface area contributed by atoms with E-state index in [4.69, 9.17) is 9.47 Å². The number of carbonyl (C=O) groups is 6. The Hall–Kier alpha value is -5.65. The van der Waals surface area contributed by atoms with Crippen LogP contribution in [0.25, 0.3) is 11.3 Å². The summed E-state index contributed by atoms with van der Waals surface area (Å²) in [7, 11) is 0. The van der Waals surface area contributed by atoms with Gasteiger partial charge in [-0.3, -0.25) is 39.0 Å². The van der Waals surface area contributed by atoms with E-state index in [-0.39, 0.29) is 79.4 Å². The molecule has 3 aromatic carbocycles. The number of carbonyl (C=O) groups excluding carboxylic acids is 6. The summed E-state index contributed by atoms with van der Waals surface area (Å²) in [6.45, 7) is 2.86. The minimum atomic E-state index is -1.18. The average molecular weight is 803 g/mol. The molecule has 17 heteroatoms. The Morgan fingerprint density at radius 2 is 1.82 bits per heavy atom. The first kappa shape index (κ1) is 40.0. The van der Waals surface area contributed by atoms with Crippen molar-refractivity contribution < 1.29 is 42.6 Å². The lowest BCUT2D eigenvalue weighted by atomic mass is 10.1. The Labute approximate surface area is 330 Å². The molecule has 0 saturated heterocycles. The summed E-state index contributed by atoms with van der Waals surface area (Å²) in [4.78, 5) is 80.9. The van der Waals surface area contributed by atoms with Crippen molar-refractivity contribution in [2.75, 3.05) is 48.1 Å². The molecule has 1 aromatic heterocycles. The largest absolute Gasteiger partial charge is 0.491 e. The molecule has 2 aliphatic rings. The second kappa shape index (κ2) is 18.3. The number of thiazole rings is 1. The second-order valence-electron chi connectivity index (χ2n) is 13.0. The van der Waals surface area contributed by atoms with E-state index >= 15 is 0 Å². The van der Waals surface area contributed by atoms with Crippen molar-refractivity contribution in [3.05, 3.63) is 88.0 Å². The monoisotopic (exact) mass is 802 g/mol. The van der Waals surface area contributed by atoms with Crippen LogP contribution >= 0.6 is 24.0 Å². The van der Waals surface area contributed by atoms with E-state index in [0.29, 0.717) is 39.9 Å². The second-order valence-corrected chi connectivity index (χ2v) is 14.7. The summed E-state index contributed by atoms with van der Waals surface area (Å²) in [5, 5.41) is 11.0. The van der Waals surface area contributed by atoms with Gasteiger partial charge in [-0.05, 0) is 73.9 Å². The number of imide groups is 2. The van der Waals surface area contributed by atoms with E-state index in [0.717, 1.165) is 22.6 Å². The van der Waals surface area contributed by atoms with Crippen molar-refractivity contribution in [3.63, 3.8) is 0 Å². The van der Waals surface area contributed by atoms with Gasteiger partial charge in [-0.15, -0.1) is 11.3 Å². The molecular weight excluding hydrogens is 764 g/mol. The maximum atomic E-state index is 14.8. The molecule has 1 fully saturated rings. The number of nitrogens with one attached hydrogen (secondary N) is 4. The summed E-state index contributed by atoms with van der Waals surface area (Å²) in [6.07, 6.45) is 1.99. The summed E-state index contributed by atoms with van der Waals surface area (Å²) < 4.78 is 26.3. The fourth-order valence-corrected chi connectivity index (χ4v) is 7.22. The molecule has 6 amide bonds. The molecule has 1 aliphatic heterocycles. The number of hydrogen-bond donors (Lipinski definition) is 5. The van der Waals surface area contributed by atoms with Crippen LogP contribution in [0.3, 0.4) is 0 Å². The molecule has 14 nitrogen and oxygen atoms in total. The standard InChI is InChI=1S/C39H39FN6O8S2/c1-22-34(25-10-11-29(28(40)20-25)43-35(49)24-8-9-24)45-39(56-22)44-32(48)19-23-4-2-5-26(18-23)54-16-15-53-14-13-41-30-7-3-6-27-33(30)38(52)46(37(27)51)31(12-17-55)36(50)42-21-47/h2-7,10-11,18,20-21,24,31,41,55H,8-9,12-17,19H2,1H3,(H,43,49)(H,42,47,50)(H,44,45,48). The highest BCUT2D eigenvalue weighted by Gasteiger charge is 2.43. The van der Waals surface area contributed by atoms with Crippen molar-refractivity contribution in [2.45, 2.75) is 38.6 Å². The lowest BCUT2D eigenvalue weighted by Crippen LogP contribution is -2.49. The number of anilines is 3. The zero-order valence-corrected chi connectivity index (χ0v) is 32.0. The molecule has 2 heterocycles. The minimum Gasteiger partial charge on any atom is -0.491 e. The number of rotatable bonds is 19. The zero-order valence-electron chi connectivity index (χ0n) is 30.3. The lowest BCUT2D eigenvalue weighted by molar-refractivity contribution is -0.128. The summed E-state index contributed by atoms with van der Waals surface area (Å²) >= 11 is 5.41. The Morgan fingerprint density at radius 1 is 1.02 bits per heavy atom. The zero-order chi connectivity index (χ0) is 39.8. The Bertz CT molecular complexity index is 2160. The predicted molar refractivity (Wildman–Crippen MR) is 211 cm³/mol. The van der Waals surface area contributed by atoms with Crippen molar-refractivity contribution >= 4 is 76.4 Å². The molecule has 0 spiro atoms. The van der Waals surface area contributed by atoms with E-state index in [2.05, 4.69) is 33.6 Å². The van der Waals surface area contributed by atoms with E-state index in [1.165, 1.54) is 29.5 Å². The van der Waals surface area contributed by atoms with Gasteiger partial charge in [-0.25, -0.2) is 9.37 Å². The van der Waals surface area contributed by atoms with Crippen molar-refractivity contribution in [1.82, 2.24) is 15.2 Å². The quantitative estimate of drug-likeness (QED) is 0.0380. The molecule has 4 aromatic rings. The number of fused-ring (bicyclic) bond motifs is 1. The molecular formula is C39H39FN6O8S2. The molecule has 0 radical (unpaired) electrons. The number of ether oxygens (including phenoxy) is 2. The lowest BCUT2D eigenvalue weighted by Gasteiger charge is -2.23. The SMILES string of the molecule is Cc1sc(NC(=O)Cc2cccc(OCCOCCNc3cccc4c3C(=O)N(C(CCS)C(=O)NC=O)C4=O)c2)nc1-c1ccc(NC(=O)C2CC2)c(F)c1. The van der Waals surface area contributed by atoms with Crippen LogP contribution in [0.2, 0.25) is 0 Å². The van der Waals surface area contributed by atoms with Gasteiger partial charge in [0.05, 0.1) is 42.1 Å². The fourth-order valence-electron chi connectivity index (χ4n) is 6.12. The maximum Gasteiger partial charge on any atom is 0.264 e. The maximum absolute atomic E-state index is 14.8. The smallest absolute Gasteiger partial charge is 0.264 e. The van der Waals surface area contributed by atoms with Gasteiger partial charge in [-0.2, -0.15) is 12.6 Å². The van der Waals surface area contributed by atoms with E-state index in [1.807, 2.05) is 12.2 Å². The molecule has 1 atom stereocenters. The van der Waals surface area contributed by atoms with Gasteiger partial charge >= 0.3 is 0 Å². The number of aromatic nitrogens is 1. The normalized spacial score (nSPS) is 13.9. The number of halogens is 1. The van der Waals surface area contributed by atoms with Gasteiger partial charge in [0.15, 0.2) is 5.13 Å². The molecule has 1 saturated carbocycles. The van der Waals surface area contributed by atoms with Crippen LogP contribution in [0.1, 0.15) is 50.4 Å². The summed E-state index contributed by atoms with van der Waals surface area (Å²) in [6, 6.07) is 15.2. The molecule has 1 aliphatic carbocycles. The number of thiol groups is 1. The first-order chi connectivity index (χ1) is 27.1. The third-order valence-electron chi connectivity index (χ3n) is 8.98. The van der Waals surface area contributed by atoms with Crippen molar-refractivity contribution in [1.29, 1.82) is 0 Å². The molecule has 1 unspecified atom stereocenters. The van der Waals surface area contributed by atoms with Crippen LogP contribution in [0, 0.1) is 18.7 Å². The third kappa shape index (κ3) is 9.58. The van der Waals surface area contributed by atoms with E-state index in [1.54, 1.807) is 42.5 Å². The number of nitrogens with zero attached hydrogens (tertiary/aromatic N) is 2. The topological polar surface area (TPSA) is 185 Å². The van der Waals surface area contributed by atoms with Crippen LogP contribution in [0.5, 0.6) is 5.75 Å². The minimum absolute atomic E-state index is 0.0425. The number of aryl methyl sites for hydroxylation is 1. The van der Waals surface area contributed by atoms with Crippen molar-refractivity contribution in [2.24, 2.45) is 5.92 Å². The van der Waals surface area contributed by atoms with Crippen LogP contribution in [-0.2, 0) is 30.3 Å². The van der Waals surface area contributed by atoms with Crippen molar-refractivity contribution in [3.8, 4) is 17.0 Å². The van der Waals surface area contributed by atoms with E-state index in [9.17, 15) is 33.2 Å². The Kier molecular flexibility index (Phi) is 13.1. The van der Waals surface area contributed by atoms with Gasteiger partial charge in [-0.1, -0.05) is 24.3 Å². The molecule has 56 heavy (non-hydrogen) atoms. The third-order valence-corrected chi connectivity index (χ3v) is 10.1. The highest BCUT2D eigenvalue weighted by molar-refractivity contribution is 7.80.